The van der Waals surface area contributed by atoms with Gasteiger partial charge in [-0.3, -0.25) is 5.41 Å². The SMILES string of the molecule is CC(=N)SC/C=C/I. The molecule has 0 heterocycles. The third-order valence-electron chi connectivity index (χ3n) is 0.485. The first kappa shape index (κ1) is 8.49. The molecule has 0 aliphatic heterocycles. The van der Waals surface area contributed by atoms with Crippen LogP contribution < -0.4 is 0 Å². The Bertz CT molecular complexity index is 101. The van der Waals surface area contributed by atoms with Gasteiger partial charge in [0.25, 0.3) is 0 Å². The highest BCUT2D eigenvalue weighted by Crippen LogP contribution is 2.01. The molecule has 8 heavy (non-hydrogen) atoms. The van der Waals surface area contributed by atoms with Crippen molar-refractivity contribution in [3.8, 4) is 0 Å². The van der Waals surface area contributed by atoms with Crippen LogP contribution in [0.15, 0.2) is 10.2 Å². The third-order valence-corrected chi connectivity index (χ3v) is 1.79. The number of rotatable bonds is 2. The van der Waals surface area contributed by atoms with E-state index in [0.717, 1.165) is 5.75 Å². The molecule has 0 aromatic heterocycles. The zero-order valence-corrected chi connectivity index (χ0v) is 7.62. The summed E-state index contributed by atoms with van der Waals surface area (Å²) in [7, 11) is 0. The van der Waals surface area contributed by atoms with E-state index in [1.54, 1.807) is 18.7 Å². The maximum absolute atomic E-state index is 7.00. The van der Waals surface area contributed by atoms with Crippen molar-refractivity contribution >= 4 is 39.4 Å². The van der Waals surface area contributed by atoms with E-state index in [9.17, 15) is 0 Å². The summed E-state index contributed by atoms with van der Waals surface area (Å²) in [5, 5.41) is 7.68. The Balaban J connectivity index is 3.05. The Kier molecular flexibility index (Phi) is 5.97. The van der Waals surface area contributed by atoms with Gasteiger partial charge in [0.15, 0.2) is 0 Å². The standard InChI is InChI=1S/C5H8INS/c1-5(7)8-4-2-3-6/h2-3,7H,4H2,1H3/b3-2+,7-5?. The molecular weight excluding hydrogens is 233 g/mol. The highest BCUT2D eigenvalue weighted by molar-refractivity contribution is 14.1. The van der Waals surface area contributed by atoms with Crippen molar-refractivity contribution in [2.45, 2.75) is 6.92 Å². The Morgan fingerprint density at radius 2 is 2.50 bits per heavy atom. The number of halogens is 1. The molecule has 0 aliphatic carbocycles. The van der Waals surface area contributed by atoms with Crippen LogP contribution >= 0.6 is 34.4 Å². The largest absolute Gasteiger partial charge is 0.299 e. The summed E-state index contributed by atoms with van der Waals surface area (Å²) in [6, 6.07) is 0. The minimum absolute atomic E-state index is 0.680. The van der Waals surface area contributed by atoms with Crippen molar-refractivity contribution < 1.29 is 0 Å². The van der Waals surface area contributed by atoms with Crippen LogP contribution in [0, 0.1) is 5.41 Å². The minimum atomic E-state index is 0.680. The van der Waals surface area contributed by atoms with Gasteiger partial charge >= 0.3 is 0 Å². The highest BCUT2D eigenvalue weighted by Gasteiger charge is 1.82. The van der Waals surface area contributed by atoms with Crippen molar-refractivity contribution in [3.05, 3.63) is 10.2 Å². The van der Waals surface area contributed by atoms with Gasteiger partial charge < -0.3 is 0 Å². The average Bonchev–Trinajstić information content (AvgIpc) is 1.66. The van der Waals surface area contributed by atoms with Crippen molar-refractivity contribution in [2.24, 2.45) is 0 Å². The molecule has 0 aromatic carbocycles. The summed E-state index contributed by atoms with van der Waals surface area (Å²) in [4.78, 5) is 0. The first-order chi connectivity index (χ1) is 3.77. The molecule has 0 atom stereocenters. The monoisotopic (exact) mass is 241 g/mol. The van der Waals surface area contributed by atoms with Gasteiger partial charge in [-0.1, -0.05) is 28.7 Å². The van der Waals surface area contributed by atoms with Gasteiger partial charge in [-0.2, -0.15) is 0 Å². The van der Waals surface area contributed by atoms with E-state index in [1.165, 1.54) is 0 Å². The molecule has 0 rings (SSSR count). The highest BCUT2D eigenvalue weighted by atomic mass is 127. The van der Waals surface area contributed by atoms with Gasteiger partial charge in [0.2, 0.25) is 0 Å². The summed E-state index contributed by atoms with van der Waals surface area (Å²) in [6.45, 7) is 1.80. The fourth-order valence-electron chi connectivity index (χ4n) is 0.209. The second-order valence-electron chi connectivity index (χ2n) is 1.23. The summed E-state index contributed by atoms with van der Waals surface area (Å²) in [6.07, 6.45) is 2.03. The molecule has 0 aromatic rings. The first-order valence-corrected chi connectivity index (χ1v) is 4.43. The molecule has 0 unspecified atom stereocenters. The van der Waals surface area contributed by atoms with Gasteiger partial charge in [-0.05, 0) is 11.0 Å². The van der Waals surface area contributed by atoms with E-state index >= 15 is 0 Å². The molecular formula is C5H8INS. The van der Waals surface area contributed by atoms with E-state index < -0.39 is 0 Å². The molecule has 0 saturated carbocycles. The van der Waals surface area contributed by atoms with Crippen molar-refractivity contribution in [1.29, 1.82) is 5.41 Å². The smallest absolute Gasteiger partial charge is 0.0613 e. The summed E-state index contributed by atoms with van der Waals surface area (Å²) in [5.74, 6) is 0.929. The average molecular weight is 241 g/mol. The van der Waals surface area contributed by atoms with Gasteiger partial charge in [0.05, 0.1) is 5.04 Å². The quantitative estimate of drug-likeness (QED) is 0.448. The van der Waals surface area contributed by atoms with Crippen LogP contribution in [0.4, 0.5) is 0 Å². The number of hydrogen-bond acceptors (Lipinski definition) is 2. The third kappa shape index (κ3) is 6.49. The Hall–Kier alpha value is 0.490. The molecule has 0 spiro atoms. The zero-order chi connectivity index (χ0) is 6.41. The number of thioether (sulfide) groups is 1. The van der Waals surface area contributed by atoms with Crippen LogP contribution in [0.25, 0.3) is 0 Å². The molecule has 0 fully saturated rings. The molecule has 1 nitrogen and oxygen atoms in total. The molecule has 0 aliphatic rings. The van der Waals surface area contributed by atoms with Crippen LogP contribution in [0.3, 0.4) is 0 Å². The molecule has 1 N–H and O–H groups in total. The zero-order valence-electron chi connectivity index (χ0n) is 4.65. The first-order valence-electron chi connectivity index (χ1n) is 2.20. The maximum atomic E-state index is 7.00. The minimum Gasteiger partial charge on any atom is -0.299 e. The molecule has 0 bridgehead atoms. The van der Waals surface area contributed by atoms with Crippen LogP contribution in [0.2, 0.25) is 0 Å². The fourth-order valence-corrected chi connectivity index (χ4v) is 1.25. The normalized spacial score (nSPS) is 10.2. The lowest BCUT2D eigenvalue weighted by atomic mass is 10.8. The Morgan fingerprint density at radius 1 is 1.88 bits per heavy atom. The van der Waals surface area contributed by atoms with E-state index in [1.807, 2.05) is 10.2 Å². The van der Waals surface area contributed by atoms with Gasteiger partial charge in [-0.15, -0.1) is 11.8 Å². The lowest BCUT2D eigenvalue weighted by molar-refractivity contribution is 1.53. The molecule has 0 radical (unpaired) electrons. The lowest BCUT2D eigenvalue weighted by Crippen LogP contribution is -1.78. The fraction of sp³-hybridized carbons (Fsp3) is 0.400. The van der Waals surface area contributed by atoms with Crippen LogP contribution in [0.1, 0.15) is 6.92 Å². The van der Waals surface area contributed by atoms with Crippen molar-refractivity contribution in [1.82, 2.24) is 0 Å². The van der Waals surface area contributed by atoms with Crippen molar-refractivity contribution in [3.63, 3.8) is 0 Å². The van der Waals surface area contributed by atoms with Gasteiger partial charge in [0, 0.05) is 5.75 Å². The number of nitrogens with one attached hydrogen (secondary N) is 1. The van der Waals surface area contributed by atoms with Crippen molar-refractivity contribution in [2.75, 3.05) is 5.75 Å². The van der Waals surface area contributed by atoms with Gasteiger partial charge in [0.1, 0.15) is 0 Å². The second kappa shape index (κ2) is 5.62. The molecule has 0 amide bonds. The molecule has 0 saturated heterocycles. The molecule has 46 valence electrons. The second-order valence-corrected chi connectivity index (χ2v) is 3.18. The summed E-state index contributed by atoms with van der Waals surface area (Å²) in [5.41, 5.74) is 0. The predicted octanol–water partition coefficient (Wildman–Crippen LogP) is 2.67. The topological polar surface area (TPSA) is 23.9 Å². The molecule has 3 heteroatoms. The van der Waals surface area contributed by atoms with E-state index in [-0.39, 0.29) is 0 Å². The van der Waals surface area contributed by atoms with E-state index in [2.05, 4.69) is 22.6 Å². The van der Waals surface area contributed by atoms with Crippen LogP contribution in [0.5, 0.6) is 0 Å². The predicted molar refractivity (Wildman–Crippen MR) is 49.0 cm³/mol. The Labute approximate surface area is 67.6 Å². The Morgan fingerprint density at radius 3 is 2.88 bits per heavy atom. The summed E-state index contributed by atoms with van der Waals surface area (Å²) < 4.78 is 1.97. The van der Waals surface area contributed by atoms with Gasteiger partial charge in [-0.25, -0.2) is 0 Å². The maximum Gasteiger partial charge on any atom is 0.0613 e. The van der Waals surface area contributed by atoms with Crippen LogP contribution in [-0.4, -0.2) is 10.8 Å². The van der Waals surface area contributed by atoms with Crippen LogP contribution in [-0.2, 0) is 0 Å². The van der Waals surface area contributed by atoms with E-state index in [0.29, 0.717) is 5.04 Å². The number of hydrogen-bond donors (Lipinski definition) is 1. The lowest BCUT2D eigenvalue weighted by Gasteiger charge is -1.87. The van der Waals surface area contributed by atoms with E-state index in [4.69, 9.17) is 5.41 Å². The summed E-state index contributed by atoms with van der Waals surface area (Å²) >= 11 is 3.72.